The molecule has 1 aliphatic heterocycles. The van der Waals surface area contributed by atoms with Crippen LogP contribution in [0.15, 0.2) is 12.1 Å². The standard InChI is InChI=1S/C15H22FNO2/c1-4-10(5-2)17-11-8-12-14(18-3)7-6-13(16)15(12)19-9-11/h6-7,10-11,17H,4-5,8-9H2,1-3H3/t11-/m1/s1. The number of nitrogens with one attached hydrogen (secondary N) is 1. The molecule has 0 unspecified atom stereocenters. The molecule has 106 valence electrons. The van der Waals surface area contributed by atoms with E-state index in [1.807, 2.05) is 0 Å². The molecule has 0 bridgehead atoms. The number of halogens is 1. The van der Waals surface area contributed by atoms with Gasteiger partial charge in [-0.05, 0) is 31.4 Å². The Kier molecular flexibility index (Phi) is 4.64. The Labute approximate surface area is 114 Å². The van der Waals surface area contributed by atoms with Crippen LogP contribution in [0.3, 0.4) is 0 Å². The van der Waals surface area contributed by atoms with Gasteiger partial charge in [0, 0.05) is 17.6 Å². The number of fused-ring (bicyclic) bond motifs is 1. The van der Waals surface area contributed by atoms with Gasteiger partial charge in [-0.1, -0.05) is 13.8 Å². The molecule has 3 nitrogen and oxygen atoms in total. The molecule has 0 spiro atoms. The third kappa shape index (κ3) is 3.00. The van der Waals surface area contributed by atoms with E-state index in [2.05, 4.69) is 19.2 Å². The molecule has 0 saturated carbocycles. The number of hydrogen-bond acceptors (Lipinski definition) is 3. The second-order valence-corrected chi connectivity index (χ2v) is 4.95. The molecule has 1 aromatic carbocycles. The molecule has 0 fully saturated rings. The van der Waals surface area contributed by atoms with Crippen LogP contribution in [0, 0.1) is 5.82 Å². The highest BCUT2D eigenvalue weighted by atomic mass is 19.1. The van der Waals surface area contributed by atoms with Gasteiger partial charge in [0.25, 0.3) is 0 Å². The summed E-state index contributed by atoms with van der Waals surface area (Å²) >= 11 is 0. The van der Waals surface area contributed by atoms with Gasteiger partial charge in [0.2, 0.25) is 0 Å². The lowest BCUT2D eigenvalue weighted by molar-refractivity contribution is 0.212. The zero-order chi connectivity index (χ0) is 13.8. The average molecular weight is 267 g/mol. The van der Waals surface area contributed by atoms with Crippen molar-refractivity contribution in [2.24, 2.45) is 0 Å². The molecule has 19 heavy (non-hydrogen) atoms. The molecule has 4 heteroatoms. The molecule has 0 amide bonds. The molecule has 1 atom stereocenters. The van der Waals surface area contributed by atoms with Crippen molar-refractivity contribution in [2.45, 2.75) is 45.2 Å². The van der Waals surface area contributed by atoms with Crippen LogP contribution >= 0.6 is 0 Å². The Morgan fingerprint density at radius 2 is 2.16 bits per heavy atom. The molecule has 0 aromatic heterocycles. The predicted octanol–water partition coefficient (Wildman–Crippen LogP) is 2.92. The highest BCUT2D eigenvalue weighted by Crippen LogP contribution is 2.35. The van der Waals surface area contributed by atoms with Crippen molar-refractivity contribution in [1.82, 2.24) is 5.32 Å². The third-order valence-corrected chi connectivity index (χ3v) is 3.73. The number of rotatable bonds is 5. The summed E-state index contributed by atoms with van der Waals surface area (Å²) in [6.07, 6.45) is 2.91. The number of benzene rings is 1. The second-order valence-electron chi connectivity index (χ2n) is 4.95. The SMILES string of the molecule is CCC(CC)N[C@H]1COc2c(F)ccc(OC)c2C1. The maximum Gasteiger partial charge on any atom is 0.165 e. The van der Waals surface area contributed by atoms with Crippen LogP contribution in [0.1, 0.15) is 32.3 Å². The van der Waals surface area contributed by atoms with Crippen LogP contribution < -0.4 is 14.8 Å². The summed E-state index contributed by atoms with van der Waals surface area (Å²) in [7, 11) is 1.60. The summed E-state index contributed by atoms with van der Waals surface area (Å²) in [6.45, 7) is 4.84. The van der Waals surface area contributed by atoms with Gasteiger partial charge < -0.3 is 14.8 Å². The normalized spacial score (nSPS) is 18.1. The lowest BCUT2D eigenvalue weighted by atomic mass is 9.99. The molecule has 0 saturated heterocycles. The first-order chi connectivity index (χ1) is 9.19. The maximum absolute atomic E-state index is 13.7. The molecule has 1 heterocycles. The van der Waals surface area contributed by atoms with E-state index in [1.54, 1.807) is 13.2 Å². The van der Waals surface area contributed by atoms with E-state index in [4.69, 9.17) is 9.47 Å². The van der Waals surface area contributed by atoms with Crippen LogP contribution in [0.4, 0.5) is 4.39 Å². The smallest absolute Gasteiger partial charge is 0.165 e. The predicted molar refractivity (Wildman–Crippen MR) is 73.4 cm³/mol. The number of hydrogen-bond donors (Lipinski definition) is 1. The zero-order valence-electron chi connectivity index (χ0n) is 11.8. The van der Waals surface area contributed by atoms with E-state index < -0.39 is 0 Å². The highest BCUT2D eigenvalue weighted by Gasteiger charge is 2.26. The first kappa shape index (κ1) is 14.1. The molecule has 1 aliphatic rings. The fourth-order valence-corrected chi connectivity index (χ4v) is 2.58. The summed E-state index contributed by atoms with van der Waals surface area (Å²) in [5, 5.41) is 3.56. The Hall–Kier alpha value is -1.29. The summed E-state index contributed by atoms with van der Waals surface area (Å²) in [5.74, 6) is 0.742. The van der Waals surface area contributed by atoms with E-state index in [1.165, 1.54) is 6.07 Å². The Balaban J connectivity index is 2.16. The Morgan fingerprint density at radius 3 is 2.79 bits per heavy atom. The Bertz CT molecular complexity index is 432. The molecule has 1 N–H and O–H groups in total. The zero-order valence-corrected chi connectivity index (χ0v) is 11.8. The number of ether oxygens (including phenoxy) is 2. The molecule has 1 aromatic rings. The summed E-state index contributed by atoms with van der Waals surface area (Å²) in [6, 6.07) is 3.76. The van der Waals surface area contributed by atoms with E-state index in [0.29, 0.717) is 24.1 Å². The van der Waals surface area contributed by atoms with Crippen molar-refractivity contribution in [2.75, 3.05) is 13.7 Å². The molecule has 0 radical (unpaired) electrons. The fourth-order valence-electron chi connectivity index (χ4n) is 2.58. The first-order valence-corrected chi connectivity index (χ1v) is 6.93. The van der Waals surface area contributed by atoms with Crippen molar-refractivity contribution < 1.29 is 13.9 Å². The van der Waals surface area contributed by atoms with Crippen molar-refractivity contribution in [3.63, 3.8) is 0 Å². The minimum Gasteiger partial charge on any atom is -0.496 e. The fraction of sp³-hybridized carbons (Fsp3) is 0.600. The van der Waals surface area contributed by atoms with E-state index in [-0.39, 0.29) is 11.9 Å². The monoisotopic (exact) mass is 267 g/mol. The van der Waals surface area contributed by atoms with Gasteiger partial charge in [-0.25, -0.2) is 4.39 Å². The van der Waals surface area contributed by atoms with Gasteiger partial charge in [-0.3, -0.25) is 0 Å². The first-order valence-electron chi connectivity index (χ1n) is 6.93. The van der Waals surface area contributed by atoms with Gasteiger partial charge in [-0.2, -0.15) is 0 Å². The van der Waals surface area contributed by atoms with E-state index >= 15 is 0 Å². The molecular weight excluding hydrogens is 245 g/mol. The summed E-state index contributed by atoms with van der Waals surface area (Å²) < 4.78 is 24.6. The lowest BCUT2D eigenvalue weighted by Crippen LogP contribution is -2.44. The van der Waals surface area contributed by atoms with Crippen molar-refractivity contribution in [1.29, 1.82) is 0 Å². The van der Waals surface area contributed by atoms with Gasteiger partial charge in [0.1, 0.15) is 12.4 Å². The maximum atomic E-state index is 13.7. The van der Waals surface area contributed by atoms with Gasteiger partial charge >= 0.3 is 0 Å². The van der Waals surface area contributed by atoms with Crippen molar-refractivity contribution in [3.8, 4) is 11.5 Å². The molecule has 2 rings (SSSR count). The van der Waals surface area contributed by atoms with Crippen LogP contribution in [0.5, 0.6) is 11.5 Å². The van der Waals surface area contributed by atoms with Crippen LogP contribution in [-0.2, 0) is 6.42 Å². The second kappa shape index (κ2) is 6.24. The van der Waals surface area contributed by atoms with Gasteiger partial charge in [0.05, 0.1) is 7.11 Å². The molecule has 0 aliphatic carbocycles. The highest BCUT2D eigenvalue weighted by molar-refractivity contribution is 5.47. The summed E-state index contributed by atoms with van der Waals surface area (Å²) in [4.78, 5) is 0. The van der Waals surface area contributed by atoms with Gasteiger partial charge in [-0.15, -0.1) is 0 Å². The topological polar surface area (TPSA) is 30.5 Å². The largest absolute Gasteiger partial charge is 0.496 e. The third-order valence-electron chi connectivity index (χ3n) is 3.73. The average Bonchev–Trinajstić information content (AvgIpc) is 2.45. The van der Waals surface area contributed by atoms with Crippen LogP contribution in [-0.4, -0.2) is 25.8 Å². The summed E-state index contributed by atoms with van der Waals surface area (Å²) in [5.41, 5.74) is 0.831. The van der Waals surface area contributed by atoms with Gasteiger partial charge in [0.15, 0.2) is 11.6 Å². The van der Waals surface area contributed by atoms with E-state index in [9.17, 15) is 4.39 Å². The minimum atomic E-state index is -0.309. The van der Waals surface area contributed by atoms with E-state index in [0.717, 1.165) is 24.8 Å². The minimum absolute atomic E-state index is 0.216. The number of methoxy groups -OCH3 is 1. The van der Waals surface area contributed by atoms with Crippen LogP contribution in [0.25, 0.3) is 0 Å². The Morgan fingerprint density at radius 1 is 1.42 bits per heavy atom. The lowest BCUT2D eigenvalue weighted by Gasteiger charge is -2.30. The molecular formula is C15H22FNO2. The van der Waals surface area contributed by atoms with Crippen LogP contribution in [0.2, 0.25) is 0 Å². The van der Waals surface area contributed by atoms with Crippen molar-refractivity contribution in [3.05, 3.63) is 23.5 Å². The quantitative estimate of drug-likeness (QED) is 0.889. The van der Waals surface area contributed by atoms with Crippen molar-refractivity contribution >= 4 is 0 Å².